The van der Waals surface area contributed by atoms with Crippen molar-refractivity contribution in [2.75, 3.05) is 28.2 Å². The molecule has 11 heteroatoms. The minimum atomic E-state index is -3.70. The van der Waals surface area contributed by atoms with E-state index in [1.165, 1.54) is 23.1 Å². The number of sulfonamides is 1. The van der Waals surface area contributed by atoms with E-state index in [1.54, 1.807) is 31.2 Å². The first-order valence-electron chi connectivity index (χ1n) is 8.79. The zero-order chi connectivity index (χ0) is 20.7. The zero-order valence-corrected chi connectivity index (χ0v) is 18.7. The standard InChI is InChI=1S/C17H24N4O4S3/c1-5-14(15(22)18-16-19-20-17(27-16)26-7-3)21(28(4,23)24)12-8-10-13(11-9-12)25-6-2/h8-11,14H,5-7H2,1-4H3,(H,18,19,22). The molecule has 0 bridgehead atoms. The van der Waals surface area contributed by atoms with E-state index in [1.807, 2.05) is 13.8 Å². The highest BCUT2D eigenvalue weighted by Gasteiger charge is 2.32. The van der Waals surface area contributed by atoms with Crippen LogP contribution in [0.1, 0.15) is 27.2 Å². The number of rotatable bonds is 10. The second-order valence-electron chi connectivity index (χ2n) is 5.71. The molecule has 1 unspecified atom stereocenters. The van der Waals surface area contributed by atoms with Gasteiger partial charge in [0.05, 0.1) is 18.6 Å². The first-order valence-corrected chi connectivity index (χ1v) is 12.4. The van der Waals surface area contributed by atoms with Crippen LogP contribution in [-0.4, -0.2) is 49.2 Å². The van der Waals surface area contributed by atoms with Crippen molar-refractivity contribution in [2.45, 2.75) is 37.6 Å². The molecule has 2 rings (SSSR count). The molecule has 1 amide bonds. The third-order valence-electron chi connectivity index (χ3n) is 3.64. The molecule has 1 atom stereocenters. The van der Waals surface area contributed by atoms with E-state index in [9.17, 15) is 13.2 Å². The summed E-state index contributed by atoms with van der Waals surface area (Å²) in [5.74, 6) is 1.03. The van der Waals surface area contributed by atoms with Gasteiger partial charge in [-0.15, -0.1) is 10.2 Å². The molecule has 0 aliphatic heterocycles. The summed E-state index contributed by atoms with van der Waals surface area (Å²) >= 11 is 2.79. The number of hydrogen-bond acceptors (Lipinski definition) is 8. The molecule has 1 aromatic carbocycles. The number of amides is 1. The predicted octanol–water partition coefficient (Wildman–Crippen LogP) is 3.23. The highest BCUT2D eigenvalue weighted by atomic mass is 32.2. The van der Waals surface area contributed by atoms with Gasteiger partial charge in [0, 0.05) is 0 Å². The van der Waals surface area contributed by atoms with Crippen LogP contribution in [0.2, 0.25) is 0 Å². The molecule has 0 spiro atoms. The molecule has 2 aromatic rings. The summed E-state index contributed by atoms with van der Waals surface area (Å²) < 4.78 is 32.2. The summed E-state index contributed by atoms with van der Waals surface area (Å²) in [7, 11) is -3.70. The number of anilines is 2. The number of carbonyl (C=O) groups is 1. The molecule has 154 valence electrons. The largest absolute Gasteiger partial charge is 0.494 e. The lowest BCUT2D eigenvalue weighted by atomic mass is 10.2. The Balaban J connectivity index is 2.27. The fraction of sp³-hybridized carbons (Fsp3) is 0.471. The number of thioether (sulfide) groups is 1. The lowest BCUT2D eigenvalue weighted by molar-refractivity contribution is -0.117. The van der Waals surface area contributed by atoms with Crippen LogP contribution < -0.4 is 14.4 Å². The summed E-state index contributed by atoms with van der Waals surface area (Å²) in [6, 6.07) is 5.70. The molecule has 0 radical (unpaired) electrons. The van der Waals surface area contributed by atoms with Gasteiger partial charge in [-0.05, 0) is 43.4 Å². The monoisotopic (exact) mass is 444 g/mol. The molecule has 0 fully saturated rings. The van der Waals surface area contributed by atoms with E-state index in [-0.39, 0.29) is 0 Å². The topological polar surface area (TPSA) is 101 Å². The molecule has 0 saturated carbocycles. The number of aromatic nitrogens is 2. The van der Waals surface area contributed by atoms with Gasteiger partial charge in [-0.2, -0.15) is 0 Å². The maximum absolute atomic E-state index is 12.8. The van der Waals surface area contributed by atoms with Gasteiger partial charge in [0.1, 0.15) is 11.8 Å². The summed E-state index contributed by atoms with van der Waals surface area (Å²) in [6.45, 7) is 6.13. The van der Waals surface area contributed by atoms with E-state index in [0.717, 1.165) is 20.7 Å². The van der Waals surface area contributed by atoms with Gasteiger partial charge in [0.2, 0.25) is 21.1 Å². The average Bonchev–Trinajstić information content (AvgIpc) is 3.07. The summed E-state index contributed by atoms with van der Waals surface area (Å²) in [5.41, 5.74) is 0.396. The Labute approximate surface area is 173 Å². The Hall–Kier alpha value is -1.85. The van der Waals surface area contributed by atoms with Crippen LogP contribution in [0.3, 0.4) is 0 Å². The van der Waals surface area contributed by atoms with Gasteiger partial charge in [0.15, 0.2) is 4.34 Å². The second kappa shape index (κ2) is 10.1. The second-order valence-corrected chi connectivity index (χ2v) is 10.1. The fourth-order valence-electron chi connectivity index (χ4n) is 2.55. The maximum Gasteiger partial charge on any atom is 0.250 e. The molecule has 0 saturated heterocycles. The summed E-state index contributed by atoms with van der Waals surface area (Å²) in [5, 5.41) is 11.0. The molecule has 0 aliphatic carbocycles. The smallest absolute Gasteiger partial charge is 0.250 e. The van der Waals surface area contributed by atoms with Crippen LogP contribution in [0.15, 0.2) is 28.6 Å². The lowest BCUT2D eigenvalue weighted by Gasteiger charge is -2.29. The Morgan fingerprint density at radius 2 is 1.93 bits per heavy atom. The molecule has 8 nitrogen and oxygen atoms in total. The molecule has 1 N–H and O–H groups in total. The maximum atomic E-state index is 12.8. The average molecular weight is 445 g/mol. The minimum absolute atomic E-state index is 0.293. The van der Waals surface area contributed by atoms with E-state index >= 15 is 0 Å². The van der Waals surface area contributed by atoms with Gasteiger partial charge in [0.25, 0.3) is 0 Å². The summed E-state index contributed by atoms with van der Waals surface area (Å²) in [6.07, 6.45) is 1.38. The predicted molar refractivity (Wildman–Crippen MR) is 114 cm³/mol. The van der Waals surface area contributed by atoms with Gasteiger partial charge in [-0.3, -0.25) is 14.4 Å². The first-order chi connectivity index (χ1) is 13.3. The molecule has 0 aliphatic rings. The third-order valence-corrected chi connectivity index (χ3v) is 6.67. The van der Waals surface area contributed by atoms with Gasteiger partial charge in [-0.25, -0.2) is 8.42 Å². The number of hydrogen-bond donors (Lipinski definition) is 1. The summed E-state index contributed by atoms with van der Waals surface area (Å²) in [4.78, 5) is 12.8. The Bertz CT molecular complexity index is 884. The lowest BCUT2D eigenvalue weighted by Crippen LogP contribution is -2.47. The molecular weight excluding hydrogens is 420 g/mol. The van der Waals surface area contributed by atoms with E-state index in [0.29, 0.717) is 29.6 Å². The Kier molecular flexibility index (Phi) is 8.08. The number of nitrogens with one attached hydrogen (secondary N) is 1. The SMILES string of the molecule is CCOc1ccc(N(C(CC)C(=O)Nc2nnc(SCC)s2)S(C)(=O)=O)cc1. The van der Waals surface area contributed by atoms with E-state index < -0.39 is 22.0 Å². The van der Waals surface area contributed by atoms with Gasteiger partial charge in [-0.1, -0.05) is 36.9 Å². The highest BCUT2D eigenvalue weighted by Crippen LogP contribution is 2.28. The van der Waals surface area contributed by atoms with Gasteiger partial charge >= 0.3 is 0 Å². The van der Waals surface area contributed by atoms with Crippen molar-refractivity contribution < 1.29 is 17.9 Å². The van der Waals surface area contributed by atoms with Crippen LogP contribution in [0.5, 0.6) is 5.75 Å². The molecular formula is C17H24N4O4S3. The van der Waals surface area contributed by atoms with Crippen molar-refractivity contribution in [1.82, 2.24) is 10.2 Å². The zero-order valence-electron chi connectivity index (χ0n) is 16.2. The van der Waals surface area contributed by atoms with E-state index in [4.69, 9.17) is 4.74 Å². The van der Waals surface area contributed by atoms with Crippen molar-refractivity contribution >= 4 is 49.8 Å². The molecule has 1 heterocycles. The molecule has 1 aromatic heterocycles. The van der Waals surface area contributed by atoms with Crippen LogP contribution >= 0.6 is 23.1 Å². The fourth-order valence-corrected chi connectivity index (χ4v) is 5.41. The van der Waals surface area contributed by atoms with Crippen LogP contribution in [0.25, 0.3) is 0 Å². The number of ether oxygens (including phenoxy) is 1. The van der Waals surface area contributed by atoms with Crippen LogP contribution in [0, 0.1) is 0 Å². The van der Waals surface area contributed by atoms with Gasteiger partial charge < -0.3 is 4.74 Å². The van der Waals surface area contributed by atoms with Crippen molar-refractivity contribution in [3.8, 4) is 5.75 Å². The minimum Gasteiger partial charge on any atom is -0.494 e. The third kappa shape index (κ3) is 5.82. The van der Waals surface area contributed by atoms with Crippen molar-refractivity contribution in [1.29, 1.82) is 0 Å². The quantitative estimate of drug-likeness (QED) is 0.443. The van der Waals surface area contributed by atoms with Crippen molar-refractivity contribution in [2.24, 2.45) is 0 Å². The van der Waals surface area contributed by atoms with Crippen LogP contribution in [-0.2, 0) is 14.8 Å². The Morgan fingerprint density at radius 1 is 1.25 bits per heavy atom. The van der Waals surface area contributed by atoms with Crippen molar-refractivity contribution in [3.63, 3.8) is 0 Å². The van der Waals surface area contributed by atoms with Crippen LogP contribution in [0.4, 0.5) is 10.8 Å². The Morgan fingerprint density at radius 3 is 2.46 bits per heavy atom. The number of benzene rings is 1. The normalized spacial score (nSPS) is 12.4. The highest BCUT2D eigenvalue weighted by molar-refractivity contribution is 8.01. The van der Waals surface area contributed by atoms with E-state index in [2.05, 4.69) is 15.5 Å². The van der Waals surface area contributed by atoms with Crippen molar-refractivity contribution in [3.05, 3.63) is 24.3 Å². The number of carbonyl (C=O) groups excluding carboxylic acids is 1. The number of nitrogens with zero attached hydrogens (tertiary/aromatic N) is 3. The molecule has 28 heavy (non-hydrogen) atoms. The first kappa shape index (κ1) is 22.4.